The van der Waals surface area contributed by atoms with Crippen LogP contribution < -0.4 is 4.74 Å². The maximum atomic E-state index is 5.33. The number of tetrazole rings is 1. The van der Waals surface area contributed by atoms with Crippen LogP contribution in [0.4, 0.5) is 0 Å². The summed E-state index contributed by atoms with van der Waals surface area (Å²) >= 11 is 0. The van der Waals surface area contributed by atoms with Crippen LogP contribution in [0.5, 0.6) is 5.75 Å². The summed E-state index contributed by atoms with van der Waals surface area (Å²) in [7, 11) is 1.69. The highest BCUT2D eigenvalue weighted by atomic mass is 16.5. The van der Waals surface area contributed by atoms with Crippen LogP contribution in [0.3, 0.4) is 0 Å². The van der Waals surface area contributed by atoms with Crippen molar-refractivity contribution in [2.75, 3.05) is 33.3 Å². The molecule has 2 aromatic heterocycles. The van der Waals surface area contributed by atoms with Gasteiger partial charge in [-0.1, -0.05) is 43.5 Å². The number of benzene rings is 2. The molecule has 0 amide bonds. The second-order valence-electron chi connectivity index (χ2n) is 10.3. The van der Waals surface area contributed by atoms with Crippen molar-refractivity contribution in [3.05, 3.63) is 77.7 Å². The Morgan fingerprint density at radius 3 is 2.54 bits per heavy atom. The molecule has 1 saturated heterocycles. The number of ether oxygens (including phenoxy) is 1. The van der Waals surface area contributed by atoms with E-state index in [1.165, 1.54) is 37.7 Å². The first-order chi connectivity index (χ1) is 18.3. The summed E-state index contributed by atoms with van der Waals surface area (Å²) in [5, 5.41) is 14.3. The van der Waals surface area contributed by atoms with Crippen molar-refractivity contribution in [2.45, 2.75) is 50.7 Å². The van der Waals surface area contributed by atoms with Crippen LogP contribution in [0.25, 0.3) is 10.9 Å². The molecule has 0 spiro atoms. The number of piperazine rings is 1. The van der Waals surface area contributed by atoms with Gasteiger partial charge >= 0.3 is 0 Å². The molecular formula is C29H35N7O. The molecule has 8 heteroatoms. The van der Waals surface area contributed by atoms with E-state index in [0.717, 1.165) is 60.3 Å². The lowest BCUT2D eigenvalue weighted by atomic mass is 9.93. The Kier molecular flexibility index (Phi) is 7.10. The molecule has 2 fully saturated rings. The Hall–Kier alpha value is -3.36. The summed E-state index contributed by atoms with van der Waals surface area (Å²) in [5.41, 5.74) is 3.35. The van der Waals surface area contributed by atoms with Crippen LogP contribution in [0.15, 0.2) is 60.8 Å². The van der Waals surface area contributed by atoms with E-state index in [9.17, 15) is 0 Å². The Morgan fingerprint density at radius 2 is 1.76 bits per heavy atom. The zero-order chi connectivity index (χ0) is 25.0. The summed E-state index contributed by atoms with van der Waals surface area (Å²) in [4.78, 5) is 9.81. The fraction of sp³-hybridized carbons (Fsp3) is 0.448. The number of hydrogen-bond acceptors (Lipinski definition) is 7. The lowest BCUT2D eigenvalue weighted by Crippen LogP contribution is -2.52. The predicted octanol–water partition coefficient (Wildman–Crippen LogP) is 4.32. The normalized spacial score (nSPS) is 18.7. The number of methoxy groups -OCH3 is 1. The minimum absolute atomic E-state index is 0.0219. The zero-order valence-corrected chi connectivity index (χ0v) is 21.5. The van der Waals surface area contributed by atoms with Gasteiger partial charge in [0.2, 0.25) is 0 Å². The van der Waals surface area contributed by atoms with Gasteiger partial charge in [-0.25, -0.2) is 4.68 Å². The van der Waals surface area contributed by atoms with E-state index in [2.05, 4.69) is 66.7 Å². The summed E-state index contributed by atoms with van der Waals surface area (Å²) in [6.45, 7) is 4.80. The quantitative estimate of drug-likeness (QED) is 0.377. The number of rotatable bonds is 7. The van der Waals surface area contributed by atoms with Crippen molar-refractivity contribution in [3.63, 3.8) is 0 Å². The number of pyridine rings is 1. The lowest BCUT2D eigenvalue weighted by Gasteiger charge is -2.43. The monoisotopic (exact) mass is 497 g/mol. The highest BCUT2D eigenvalue weighted by Gasteiger charge is 2.33. The summed E-state index contributed by atoms with van der Waals surface area (Å²) in [5.74, 6) is 1.73. The van der Waals surface area contributed by atoms with Gasteiger partial charge in [-0.3, -0.25) is 14.8 Å². The Balaban J connectivity index is 1.30. The topological polar surface area (TPSA) is 72.2 Å². The molecule has 1 aliphatic carbocycles. The molecule has 0 N–H and O–H groups in total. The molecule has 2 aromatic carbocycles. The second-order valence-corrected chi connectivity index (χ2v) is 10.3. The standard InChI is InChI=1S/C29H35N7O/c1-37-26-12-9-22(10-13-26)21-36-29(31-32-33-36)28(24-11-14-27-23(20-24)6-5-15-30-27)35-18-16-34(17-19-35)25-7-3-2-4-8-25/h5-6,9-15,20,25,28H,2-4,7-8,16-19,21H2,1H3/t28-/m1/s1. The molecule has 1 aliphatic heterocycles. The van der Waals surface area contributed by atoms with E-state index < -0.39 is 0 Å². The number of fused-ring (bicyclic) bond motifs is 1. The van der Waals surface area contributed by atoms with Gasteiger partial charge in [-0.15, -0.1) is 5.10 Å². The third kappa shape index (κ3) is 5.22. The van der Waals surface area contributed by atoms with Gasteiger partial charge in [0.1, 0.15) is 5.75 Å². The predicted molar refractivity (Wildman–Crippen MR) is 144 cm³/mol. The zero-order valence-electron chi connectivity index (χ0n) is 21.5. The molecule has 1 atom stereocenters. The Bertz CT molecular complexity index is 1310. The minimum Gasteiger partial charge on any atom is -0.497 e. The van der Waals surface area contributed by atoms with E-state index in [1.807, 2.05) is 29.1 Å². The average Bonchev–Trinajstić information content (AvgIpc) is 3.42. The van der Waals surface area contributed by atoms with Gasteiger partial charge in [0.25, 0.3) is 0 Å². The van der Waals surface area contributed by atoms with Crippen LogP contribution in [0.1, 0.15) is 55.1 Å². The van der Waals surface area contributed by atoms with Crippen molar-refractivity contribution in [3.8, 4) is 5.75 Å². The molecule has 6 rings (SSSR count). The van der Waals surface area contributed by atoms with E-state index in [1.54, 1.807) is 7.11 Å². The maximum Gasteiger partial charge on any atom is 0.173 e. The van der Waals surface area contributed by atoms with E-state index >= 15 is 0 Å². The summed E-state index contributed by atoms with van der Waals surface area (Å²) < 4.78 is 7.28. The van der Waals surface area contributed by atoms with Crippen molar-refractivity contribution in [1.29, 1.82) is 0 Å². The van der Waals surface area contributed by atoms with Gasteiger partial charge in [0.15, 0.2) is 5.82 Å². The van der Waals surface area contributed by atoms with Crippen molar-refractivity contribution in [1.82, 2.24) is 35.0 Å². The molecule has 37 heavy (non-hydrogen) atoms. The third-order valence-electron chi connectivity index (χ3n) is 8.04. The fourth-order valence-corrected chi connectivity index (χ4v) is 6.02. The number of hydrogen-bond donors (Lipinski definition) is 0. The van der Waals surface area contributed by atoms with Gasteiger partial charge in [-0.05, 0) is 64.7 Å². The van der Waals surface area contributed by atoms with Crippen LogP contribution in [-0.2, 0) is 6.54 Å². The highest BCUT2D eigenvalue weighted by Crippen LogP contribution is 2.32. The second kappa shape index (κ2) is 10.9. The SMILES string of the molecule is COc1ccc(Cn2nnnc2[C@@H](c2ccc3ncccc3c2)N2CCN(C3CCCCC3)CC2)cc1. The van der Waals surface area contributed by atoms with Gasteiger partial charge in [0, 0.05) is 43.8 Å². The lowest BCUT2D eigenvalue weighted by molar-refractivity contribution is 0.0621. The Labute approximate surface area is 218 Å². The molecule has 2 aliphatic rings. The van der Waals surface area contributed by atoms with Crippen LogP contribution in [0, 0.1) is 0 Å². The molecule has 4 aromatic rings. The molecule has 0 bridgehead atoms. The minimum atomic E-state index is -0.0219. The van der Waals surface area contributed by atoms with Crippen molar-refractivity contribution in [2.24, 2.45) is 0 Å². The average molecular weight is 498 g/mol. The number of aromatic nitrogens is 5. The van der Waals surface area contributed by atoms with E-state index in [-0.39, 0.29) is 6.04 Å². The molecule has 0 unspecified atom stereocenters. The summed E-state index contributed by atoms with van der Waals surface area (Å²) in [6.07, 6.45) is 8.69. The molecule has 0 radical (unpaired) electrons. The van der Waals surface area contributed by atoms with Crippen LogP contribution in [-0.4, -0.2) is 74.3 Å². The molecule has 192 valence electrons. The Morgan fingerprint density at radius 1 is 0.946 bits per heavy atom. The van der Waals surface area contributed by atoms with Gasteiger partial charge in [0.05, 0.1) is 25.2 Å². The first-order valence-corrected chi connectivity index (χ1v) is 13.5. The molecular weight excluding hydrogens is 462 g/mol. The highest BCUT2D eigenvalue weighted by molar-refractivity contribution is 5.79. The summed E-state index contributed by atoms with van der Waals surface area (Å²) in [6, 6.07) is 19.5. The van der Waals surface area contributed by atoms with Crippen molar-refractivity contribution < 1.29 is 4.74 Å². The number of nitrogens with zero attached hydrogens (tertiary/aromatic N) is 7. The third-order valence-corrected chi connectivity index (χ3v) is 8.04. The van der Waals surface area contributed by atoms with Crippen molar-refractivity contribution >= 4 is 10.9 Å². The van der Waals surface area contributed by atoms with Gasteiger partial charge in [-0.2, -0.15) is 0 Å². The van der Waals surface area contributed by atoms with E-state index in [4.69, 9.17) is 4.74 Å². The van der Waals surface area contributed by atoms with Crippen LogP contribution in [0.2, 0.25) is 0 Å². The van der Waals surface area contributed by atoms with Crippen LogP contribution >= 0.6 is 0 Å². The largest absolute Gasteiger partial charge is 0.497 e. The van der Waals surface area contributed by atoms with E-state index in [0.29, 0.717) is 6.54 Å². The molecule has 1 saturated carbocycles. The molecule has 8 nitrogen and oxygen atoms in total. The smallest absolute Gasteiger partial charge is 0.173 e. The first-order valence-electron chi connectivity index (χ1n) is 13.5. The molecule has 3 heterocycles. The first kappa shape index (κ1) is 24.0. The maximum absolute atomic E-state index is 5.33. The van der Waals surface area contributed by atoms with Gasteiger partial charge < -0.3 is 4.74 Å². The fourth-order valence-electron chi connectivity index (χ4n) is 6.02.